The minimum Gasteiger partial charge on any atom is -0.352 e. The maximum atomic E-state index is 6.58. The highest BCUT2D eigenvalue weighted by Gasteiger charge is 2.44. The molecule has 0 radical (unpaired) electrons. The number of para-hydroxylation sites is 1. The minimum absolute atomic E-state index is 0.0227. The highest BCUT2D eigenvalue weighted by atomic mass is 35.5. The van der Waals surface area contributed by atoms with Gasteiger partial charge in [-0.05, 0) is 74.8 Å². The smallest absolute Gasteiger partial charge is 0.170 e. The molecular formula is C25H27ClN4S. The second-order valence-corrected chi connectivity index (χ2v) is 9.38. The van der Waals surface area contributed by atoms with Gasteiger partial charge >= 0.3 is 0 Å². The van der Waals surface area contributed by atoms with Crippen LogP contribution < -0.4 is 5.32 Å². The first kappa shape index (κ1) is 20.5. The summed E-state index contributed by atoms with van der Waals surface area (Å²) in [6.45, 7) is 4.34. The molecule has 2 aromatic heterocycles. The van der Waals surface area contributed by atoms with Crippen molar-refractivity contribution in [3.63, 3.8) is 0 Å². The lowest BCUT2D eigenvalue weighted by atomic mass is 9.95. The molecule has 0 amide bonds. The summed E-state index contributed by atoms with van der Waals surface area (Å²) in [6.07, 6.45) is 6.78. The molecule has 6 heteroatoms. The van der Waals surface area contributed by atoms with Crippen molar-refractivity contribution in [3.8, 4) is 5.69 Å². The van der Waals surface area contributed by atoms with Gasteiger partial charge in [-0.2, -0.15) is 0 Å². The van der Waals surface area contributed by atoms with Gasteiger partial charge in [-0.15, -0.1) is 0 Å². The maximum absolute atomic E-state index is 6.58. The standard InChI is InChI=1S/C25H27ClN4S/c1-16-15-19(17(2)29(16)22-13-6-5-11-20(22)26)24-23(21-12-7-8-14-27-21)28-25(31)30(24)18-9-3-4-10-18/h5-8,11-15,18,23-24H,3-4,9-10H2,1-2H3,(H,28,31)/t23-,24+/m0/s1. The molecule has 1 aliphatic carbocycles. The van der Waals surface area contributed by atoms with E-state index in [1.807, 2.05) is 30.5 Å². The van der Waals surface area contributed by atoms with Crippen LogP contribution in [-0.2, 0) is 0 Å². The van der Waals surface area contributed by atoms with Gasteiger partial charge in [0.25, 0.3) is 0 Å². The van der Waals surface area contributed by atoms with Gasteiger partial charge in [0.05, 0.1) is 28.5 Å². The summed E-state index contributed by atoms with van der Waals surface area (Å²) in [7, 11) is 0. The molecule has 0 bridgehead atoms. The molecule has 3 aromatic rings. The lowest BCUT2D eigenvalue weighted by Gasteiger charge is -2.33. The Bertz CT molecular complexity index is 1100. The molecule has 1 N–H and O–H groups in total. The number of aryl methyl sites for hydroxylation is 1. The van der Waals surface area contributed by atoms with Gasteiger partial charge < -0.3 is 14.8 Å². The first-order valence-electron chi connectivity index (χ1n) is 11.0. The number of hydrogen-bond acceptors (Lipinski definition) is 2. The summed E-state index contributed by atoms with van der Waals surface area (Å²) in [5, 5.41) is 5.21. The molecule has 1 aliphatic heterocycles. The van der Waals surface area contributed by atoms with Gasteiger partial charge in [-0.3, -0.25) is 4.98 Å². The van der Waals surface area contributed by atoms with E-state index in [0.717, 1.165) is 21.5 Å². The van der Waals surface area contributed by atoms with Crippen molar-refractivity contribution in [2.24, 2.45) is 0 Å². The molecule has 160 valence electrons. The number of hydrogen-bond donors (Lipinski definition) is 1. The van der Waals surface area contributed by atoms with Crippen molar-refractivity contribution in [2.75, 3.05) is 0 Å². The van der Waals surface area contributed by atoms with E-state index < -0.39 is 0 Å². The molecule has 2 fully saturated rings. The average Bonchev–Trinajstić information content (AvgIpc) is 3.47. The van der Waals surface area contributed by atoms with Crippen LogP contribution >= 0.6 is 23.8 Å². The van der Waals surface area contributed by atoms with Crippen molar-refractivity contribution < 1.29 is 0 Å². The molecule has 2 aliphatic rings. The van der Waals surface area contributed by atoms with Crippen molar-refractivity contribution in [3.05, 3.63) is 82.4 Å². The zero-order valence-corrected chi connectivity index (χ0v) is 19.5. The van der Waals surface area contributed by atoms with Crippen LogP contribution in [-0.4, -0.2) is 25.6 Å². The van der Waals surface area contributed by atoms with Crippen LogP contribution in [0.1, 0.15) is 60.4 Å². The van der Waals surface area contributed by atoms with E-state index in [4.69, 9.17) is 23.8 Å². The Labute approximate surface area is 194 Å². The zero-order valence-electron chi connectivity index (χ0n) is 17.9. The SMILES string of the molecule is Cc1cc([C@@H]2[C@H](c3ccccn3)NC(=S)N2C2CCCC2)c(C)n1-c1ccccc1Cl. The Hall–Kier alpha value is -2.37. The fraction of sp³-hybridized carbons (Fsp3) is 0.360. The number of pyridine rings is 1. The largest absolute Gasteiger partial charge is 0.352 e. The Balaban J connectivity index is 1.65. The minimum atomic E-state index is 0.0227. The maximum Gasteiger partial charge on any atom is 0.170 e. The normalized spacial score (nSPS) is 21.6. The lowest BCUT2D eigenvalue weighted by Crippen LogP contribution is -2.37. The molecular weight excluding hydrogens is 424 g/mol. The van der Waals surface area contributed by atoms with Crippen LogP contribution in [0.2, 0.25) is 5.02 Å². The first-order chi connectivity index (χ1) is 15.1. The topological polar surface area (TPSA) is 33.1 Å². The average molecular weight is 451 g/mol. The Morgan fingerprint density at radius 1 is 1.06 bits per heavy atom. The van der Waals surface area contributed by atoms with E-state index in [1.165, 1.54) is 42.6 Å². The van der Waals surface area contributed by atoms with Gasteiger partial charge in [0.1, 0.15) is 0 Å². The predicted molar refractivity (Wildman–Crippen MR) is 130 cm³/mol. The third-order valence-corrected chi connectivity index (χ3v) is 7.38. The Morgan fingerprint density at radius 2 is 1.81 bits per heavy atom. The molecule has 5 rings (SSSR count). The van der Waals surface area contributed by atoms with Gasteiger partial charge in [0, 0.05) is 23.6 Å². The van der Waals surface area contributed by atoms with Crippen molar-refractivity contribution >= 4 is 28.9 Å². The number of nitrogens with zero attached hydrogens (tertiary/aromatic N) is 3. The van der Waals surface area contributed by atoms with E-state index in [0.29, 0.717) is 6.04 Å². The van der Waals surface area contributed by atoms with Crippen molar-refractivity contribution in [1.82, 2.24) is 19.8 Å². The highest BCUT2D eigenvalue weighted by molar-refractivity contribution is 7.80. The van der Waals surface area contributed by atoms with Crippen LogP contribution in [0, 0.1) is 13.8 Å². The molecule has 1 saturated carbocycles. The van der Waals surface area contributed by atoms with E-state index in [2.05, 4.69) is 57.9 Å². The lowest BCUT2D eigenvalue weighted by molar-refractivity contribution is 0.245. The van der Waals surface area contributed by atoms with Gasteiger partial charge in [-0.25, -0.2) is 0 Å². The monoisotopic (exact) mass is 450 g/mol. The Morgan fingerprint density at radius 3 is 2.52 bits per heavy atom. The van der Waals surface area contributed by atoms with E-state index in [-0.39, 0.29) is 12.1 Å². The molecule has 1 saturated heterocycles. The Kier molecular flexibility index (Phi) is 5.49. The number of benzene rings is 1. The summed E-state index contributed by atoms with van der Waals surface area (Å²) in [6, 6.07) is 17.0. The zero-order chi connectivity index (χ0) is 21.5. The van der Waals surface area contributed by atoms with Crippen molar-refractivity contribution in [2.45, 2.75) is 57.7 Å². The fourth-order valence-electron chi connectivity index (χ4n) is 5.36. The second kappa shape index (κ2) is 8.29. The van der Waals surface area contributed by atoms with Crippen molar-refractivity contribution in [1.29, 1.82) is 0 Å². The molecule has 4 nitrogen and oxygen atoms in total. The molecule has 0 spiro atoms. The first-order valence-corrected chi connectivity index (χ1v) is 11.8. The summed E-state index contributed by atoms with van der Waals surface area (Å²) in [5.74, 6) is 0. The third kappa shape index (κ3) is 3.54. The van der Waals surface area contributed by atoms with Crippen LogP contribution in [0.4, 0.5) is 0 Å². The fourth-order valence-corrected chi connectivity index (χ4v) is 5.97. The third-order valence-electron chi connectivity index (χ3n) is 6.74. The van der Waals surface area contributed by atoms with Crippen LogP contribution in [0.3, 0.4) is 0 Å². The highest BCUT2D eigenvalue weighted by Crippen LogP contribution is 2.45. The molecule has 2 atom stereocenters. The summed E-state index contributed by atoms with van der Waals surface area (Å²) in [4.78, 5) is 7.15. The second-order valence-electron chi connectivity index (χ2n) is 8.59. The summed E-state index contributed by atoms with van der Waals surface area (Å²) in [5.41, 5.74) is 5.70. The summed E-state index contributed by atoms with van der Waals surface area (Å²) >= 11 is 12.5. The van der Waals surface area contributed by atoms with E-state index in [1.54, 1.807) is 0 Å². The molecule has 3 heterocycles. The number of nitrogens with one attached hydrogen (secondary N) is 1. The van der Waals surface area contributed by atoms with Crippen LogP contribution in [0.25, 0.3) is 5.69 Å². The van der Waals surface area contributed by atoms with Gasteiger partial charge in [-0.1, -0.05) is 42.6 Å². The van der Waals surface area contributed by atoms with Gasteiger partial charge in [0.15, 0.2) is 5.11 Å². The molecule has 1 aromatic carbocycles. The van der Waals surface area contributed by atoms with E-state index >= 15 is 0 Å². The number of rotatable bonds is 4. The van der Waals surface area contributed by atoms with E-state index in [9.17, 15) is 0 Å². The quantitative estimate of drug-likeness (QED) is 0.490. The number of halogens is 1. The predicted octanol–water partition coefficient (Wildman–Crippen LogP) is 6.06. The number of thiocarbonyl (C=S) groups is 1. The molecule has 31 heavy (non-hydrogen) atoms. The van der Waals surface area contributed by atoms with Crippen LogP contribution in [0.5, 0.6) is 0 Å². The number of aromatic nitrogens is 2. The summed E-state index contributed by atoms with van der Waals surface area (Å²) < 4.78 is 2.27. The van der Waals surface area contributed by atoms with Crippen LogP contribution in [0.15, 0.2) is 54.7 Å². The van der Waals surface area contributed by atoms with Gasteiger partial charge in [0.2, 0.25) is 0 Å². The molecule has 0 unspecified atom stereocenters.